The number of benzene rings is 3. The Hall–Kier alpha value is -3.30. The Labute approximate surface area is 197 Å². The van der Waals surface area contributed by atoms with Gasteiger partial charge in [0.2, 0.25) is 0 Å². The van der Waals surface area contributed by atoms with Crippen LogP contribution in [0.1, 0.15) is 38.3 Å². The van der Waals surface area contributed by atoms with E-state index in [1.165, 1.54) is 0 Å². The van der Waals surface area contributed by atoms with E-state index in [0.29, 0.717) is 29.8 Å². The molecule has 0 fully saturated rings. The number of rotatable bonds is 7. The van der Waals surface area contributed by atoms with E-state index in [-0.39, 0.29) is 11.6 Å². The van der Waals surface area contributed by atoms with Crippen molar-refractivity contribution in [3.8, 4) is 22.6 Å². The molecule has 0 N–H and O–H groups in total. The predicted octanol–water partition coefficient (Wildman–Crippen LogP) is 8.78. The summed E-state index contributed by atoms with van der Waals surface area (Å²) in [6.45, 7) is 5.98. The number of alkyl halides is 5. The van der Waals surface area contributed by atoms with E-state index >= 15 is 0 Å². The van der Waals surface area contributed by atoms with Crippen molar-refractivity contribution < 1.29 is 44.6 Å². The molecule has 3 rings (SSSR count). The Morgan fingerprint density at radius 3 is 1.74 bits per heavy atom. The van der Waals surface area contributed by atoms with E-state index in [9.17, 15) is 35.1 Å². The van der Waals surface area contributed by atoms with Gasteiger partial charge in [-0.05, 0) is 47.4 Å². The van der Waals surface area contributed by atoms with Gasteiger partial charge in [0.05, 0.1) is 0 Å². The predicted molar refractivity (Wildman–Crippen MR) is 115 cm³/mol. The van der Waals surface area contributed by atoms with Crippen LogP contribution in [0.15, 0.2) is 54.6 Å². The first-order valence-corrected chi connectivity index (χ1v) is 10.6. The first kappa shape index (κ1) is 27.9. The van der Waals surface area contributed by atoms with Crippen LogP contribution in [0.25, 0.3) is 11.1 Å². The highest BCUT2D eigenvalue weighted by Crippen LogP contribution is 2.38. The molecule has 0 aromatic heterocycles. The second-order valence-corrected chi connectivity index (χ2v) is 7.02. The lowest BCUT2D eigenvalue weighted by atomic mass is 10.00. The molecule has 0 radical (unpaired) electrons. The molecule has 0 spiro atoms. The normalized spacial score (nSPS) is 11.5. The molecule has 0 atom stereocenters. The third-order valence-corrected chi connectivity index (χ3v) is 4.53. The Kier molecular flexibility index (Phi) is 9.12. The highest BCUT2D eigenvalue weighted by molar-refractivity contribution is 5.64. The fourth-order valence-electron chi connectivity index (χ4n) is 3.12. The lowest BCUT2D eigenvalue weighted by molar-refractivity contribution is -0.275. The summed E-state index contributed by atoms with van der Waals surface area (Å²) in [5.41, 5.74) is -0.333. The zero-order valence-corrected chi connectivity index (χ0v) is 19.0. The first-order valence-electron chi connectivity index (χ1n) is 10.6. The van der Waals surface area contributed by atoms with E-state index in [2.05, 4.69) is 9.47 Å². The van der Waals surface area contributed by atoms with Crippen LogP contribution in [0.4, 0.5) is 35.1 Å². The maximum absolute atomic E-state index is 14.5. The van der Waals surface area contributed by atoms with Crippen molar-refractivity contribution in [2.24, 2.45) is 0 Å². The minimum absolute atomic E-state index is 0.00675. The van der Waals surface area contributed by atoms with Crippen molar-refractivity contribution in [1.29, 1.82) is 0 Å². The summed E-state index contributed by atoms with van der Waals surface area (Å²) in [6.07, 6.45) is -8.11. The molecular formula is C25H22F8O2. The second kappa shape index (κ2) is 11.4. The fourth-order valence-corrected chi connectivity index (χ4v) is 3.12. The average Bonchev–Trinajstić information content (AvgIpc) is 2.76. The minimum Gasteiger partial charge on any atom is -0.429 e. The quantitative estimate of drug-likeness (QED) is 0.298. The van der Waals surface area contributed by atoms with Gasteiger partial charge >= 0.3 is 12.5 Å². The number of hydrogen-bond acceptors (Lipinski definition) is 2. The van der Waals surface area contributed by atoms with E-state index in [1.54, 1.807) is 24.3 Å². The third-order valence-electron chi connectivity index (χ3n) is 4.53. The summed E-state index contributed by atoms with van der Waals surface area (Å²) in [4.78, 5) is 0. The van der Waals surface area contributed by atoms with E-state index in [1.807, 2.05) is 20.8 Å². The van der Waals surface area contributed by atoms with Gasteiger partial charge in [0.25, 0.3) is 0 Å². The molecule has 2 nitrogen and oxygen atoms in total. The highest BCUT2D eigenvalue weighted by Gasteiger charge is 2.41. The van der Waals surface area contributed by atoms with Crippen LogP contribution in [-0.4, -0.2) is 6.36 Å². The topological polar surface area (TPSA) is 18.5 Å². The van der Waals surface area contributed by atoms with Crippen LogP contribution in [0.2, 0.25) is 0 Å². The molecule has 10 heteroatoms. The summed E-state index contributed by atoms with van der Waals surface area (Å²) in [5.74, 6) is -7.16. The van der Waals surface area contributed by atoms with Gasteiger partial charge in [-0.3, -0.25) is 0 Å². The molecule has 35 heavy (non-hydrogen) atoms. The Morgan fingerprint density at radius 2 is 1.26 bits per heavy atom. The molecule has 3 aromatic rings. The number of hydrogen-bond donors (Lipinski definition) is 0. The molecule has 0 saturated carbocycles. The number of aryl methyl sites for hydroxylation is 1. The fraction of sp³-hybridized carbons (Fsp3) is 0.280. The van der Waals surface area contributed by atoms with Crippen molar-refractivity contribution in [3.63, 3.8) is 0 Å². The Balaban J connectivity index is 0.00000210. The van der Waals surface area contributed by atoms with Crippen LogP contribution in [-0.2, 0) is 12.5 Å². The van der Waals surface area contributed by atoms with Crippen LogP contribution in [0, 0.1) is 17.5 Å². The Morgan fingerprint density at radius 1 is 0.686 bits per heavy atom. The summed E-state index contributed by atoms with van der Waals surface area (Å²) >= 11 is 0. The SMILES string of the molecule is CC.CCCc1ccc(-c2cc(F)c(C(F)(F)Oc3ccc(OC(F)(F)F)c(F)c3)c(F)c2)cc1. The zero-order chi connectivity index (χ0) is 26.4. The van der Waals surface area contributed by atoms with Crippen LogP contribution in [0.3, 0.4) is 0 Å². The molecule has 0 bridgehead atoms. The van der Waals surface area contributed by atoms with Crippen molar-refractivity contribution in [1.82, 2.24) is 0 Å². The van der Waals surface area contributed by atoms with Gasteiger partial charge in [0.1, 0.15) is 22.9 Å². The lowest BCUT2D eigenvalue weighted by Crippen LogP contribution is -2.25. The summed E-state index contributed by atoms with van der Waals surface area (Å²) in [5, 5.41) is 0. The molecule has 0 aliphatic carbocycles. The van der Waals surface area contributed by atoms with Crippen molar-refractivity contribution in [2.45, 2.75) is 46.1 Å². The van der Waals surface area contributed by atoms with Crippen LogP contribution >= 0.6 is 0 Å². The van der Waals surface area contributed by atoms with Crippen LogP contribution < -0.4 is 9.47 Å². The maximum Gasteiger partial charge on any atom is 0.573 e. The van der Waals surface area contributed by atoms with E-state index in [4.69, 9.17) is 0 Å². The van der Waals surface area contributed by atoms with Crippen molar-refractivity contribution >= 4 is 0 Å². The molecule has 190 valence electrons. The summed E-state index contributed by atoms with van der Waals surface area (Å²) < 4.78 is 116. The third kappa shape index (κ3) is 7.34. The standard InChI is InChI=1S/C23H16F8O2.C2H6/c1-2-3-13-4-6-14(7-5-13)15-10-18(25)21(19(26)11-15)22(27,28)32-16-8-9-20(17(24)12-16)33-23(29,30)31;1-2/h4-12H,2-3H2,1H3;1-2H3. The van der Waals surface area contributed by atoms with Gasteiger partial charge < -0.3 is 9.47 Å². The van der Waals surface area contributed by atoms with Gasteiger partial charge in [0.15, 0.2) is 11.6 Å². The van der Waals surface area contributed by atoms with Gasteiger partial charge in [-0.25, -0.2) is 13.2 Å². The lowest BCUT2D eigenvalue weighted by Gasteiger charge is -2.20. The molecule has 3 aromatic carbocycles. The molecule has 0 heterocycles. The average molecular weight is 506 g/mol. The minimum atomic E-state index is -5.21. The largest absolute Gasteiger partial charge is 0.573 e. The van der Waals surface area contributed by atoms with Gasteiger partial charge in [-0.1, -0.05) is 51.5 Å². The molecule has 0 unspecified atom stereocenters. The highest BCUT2D eigenvalue weighted by atomic mass is 19.4. The molecule has 0 saturated heterocycles. The summed E-state index contributed by atoms with van der Waals surface area (Å²) in [7, 11) is 0. The second-order valence-electron chi connectivity index (χ2n) is 7.02. The number of halogens is 8. The smallest absolute Gasteiger partial charge is 0.429 e. The maximum atomic E-state index is 14.5. The molecule has 0 amide bonds. The van der Waals surface area contributed by atoms with E-state index in [0.717, 1.165) is 18.4 Å². The monoisotopic (exact) mass is 506 g/mol. The zero-order valence-electron chi connectivity index (χ0n) is 19.0. The van der Waals surface area contributed by atoms with E-state index < -0.39 is 47.0 Å². The van der Waals surface area contributed by atoms with Crippen LogP contribution in [0.5, 0.6) is 11.5 Å². The first-order chi connectivity index (χ1) is 16.4. The van der Waals surface area contributed by atoms with Crippen molar-refractivity contribution in [2.75, 3.05) is 0 Å². The van der Waals surface area contributed by atoms with Gasteiger partial charge in [-0.15, -0.1) is 13.2 Å². The Bertz CT molecular complexity index is 1100. The molecule has 0 aliphatic heterocycles. The van der Waals surface area contributed by atoms with Gasteiger partial charge in [0, 0.05) is 6.07 Å². The van der Waals surface area contributed by atoms with Gasteiger partial charge in [-0.2, -0.15) is 8.78 Å². The molecule has 0 aliphatic rings. The summed E-state index contributed by atoms with van der Waals surface area (Å²) in [6, 6.07) is 9.21. The van der Waals surface area contributed by atoms with Crippen molar-refractivity contribution in [3.05, 3.63) is 83.2 Å². The number of ether oxygens (including phenoxy) is 2. The molecular weight excluding hydrogens is 484 g/mol.